The molecule has 5 nitrogen and oxygen atoms in total. The van der Waals surface area contributed by atoms with Crippen molar-refractivity contribution in [3.8, 4) is 0 Å². The summed E-state index contributed by atoms with van der Waals surface area (Å²) in [6.45, 7) is 5.30. The first-order chi connectivity index (χ1) is 10.1. The lowest BCUT2D eigenvalue weighted by atomic mass is 9.98. The molecule has 0 saturated carbocycles. The Hall–Kier alpha value is -1.47. The lowest BCUT2D eigenvalue weighted by molar-refractivity contribution is -0.184. The van der Waals surface area contributed by atoms with Gasteiger partial charge in [0.05, 0.1) is 5.92 Å². The molecular formula is C14H24F3N3O2. The maximum absolute atomic E-state index is 12.7. The standard InChI is InChI=1S/C14H24F3N3O2/c1-9(2)18-12(21)7-10(3)19-13(22)20-6-4-5-11(8-20)14(15,16)17/h9-11H,4-8H2,1-3H3,(H,18,21)(H,19,22)/t10-,11-/m1/s1. The number of carbonyl (C=O) groups is 2. The van der Waals surface area contributed by atoms with Gasteiger partial charge >= 0.3 is 12.2 Å². The van der Waals surface area contributed by atoms with E-state index in [4.69, 9.17) is 0 Å². The molecule has 128 valence electrons. The molecule has 1 aliphatic heterocycles. The van der Waals surface area contributed by atoms with Crippen molar-refractivity contribution in [1.29, 1.82) is 0 Å². The zero-order chi connectivity index (χ0) is 16.9. The van der Waals surface area contributed by atoms with E-state index in [0.29, 0.717) is 13.0 Å². The predicted molar refractivity (Wildman–Crippen MR) is 76.2 cm³/mol. The lowest BCUT2D eigenvalue weighted by Crippen LogP contribution is -2.51. The van der Waals surface area contributed by atoms with Crippen LogP contribution in [-0.4, -0.2) is 48.2 Å². The summed E-state index contributed by atoms with van der Waals surface area (Å²) < 4.78 is 38.2. The van der Waals surface area contributed by atoms with Crippen molar-refractivity contribution in [1.82, 2.24) is 15.5 Å². The Morgan fingerprint density at radius 1 is 1.23 bits per heavy atom. The van der Waals surface area contributed by atoms with Crippen molar-refractivity contribution >= 4 is 11.9 Å². The van der Waals surface area contributed by atoms with Gasteiger partial charge in [-0.25, -0.2) is 4.79 Å². The van der Waals surface area contributed by atoms with Crippen LogP contribution in [0.25, 0.3) is 0 Å². The molecule has 2 atom stereocenters. The summed E-state index contributed by atoms with van der Waals surface area (Å²) in [4.78, 5) is 24.8. The first kappa shape index (κ1) is 18.6. The Morgan fingerprint density at radius 2 is 1.86 bits per heavy atom. The first-order valence-electron chi connectivity index (χ1n) is 7.51. The normalized spacial score (nSPS) is 20.7. The van der Waals surface area contributed by atoms with E-state index in [-0.39, 0.29) is 31.3 Å². The molecular weight excluding hydrogens is 299 g/mol. The number of alkyl halides is 3. The van der Waals surface area contributed by atoms with Crippen LogP contribution in [0.5, 0.6) is 0 Å². The summed E-state index contributed by atoms with van der Waals surface area (Å²) in [6.07, 6.45) is -3.79. The van der Waals surface area contributed by atoms with Gasteiger partial charge in [-0.2, -0.15) is 13.2 Å². The first-order valence-corrected chi connectivity index (χ1v) is 7.51. The monoisotopic (exact) mass is 323 g/mol. The van der Waals surface area contributed by atoms with Crippen LogP contribution in [0, 0.1) is 5.92 Å². The number of nitrogens with zero attached hydrogens (tertiary/aromatic N) is 1. The number of carbonyl (C=O) groups excluding carboxylic acids is 2. The average molecular weight is 323 g/mol. The molecule has 0 radical (unpaired) electrons. The predicted octanol–water partition coefficient (Wildman–Crippen LogP) is 2.27. The van der Waals surface area contributed by atoms with E-state index in [1.807, 2.05) is 13.8 Å². The highest BCUT2D eigenvalue weighted by molar-refractivity contribution is 5.79. The molecule has 1 rings (SSSR count). The van der Waals surface area contributed by atoms with Gasteiger partial charge in [0.2, 0.25) is 5.91 Å². The van der Waals surface area contributed by atoms with E-state index in [0.717, 1.165) is 0 Å². The van der Waals surface area contributed by atoms with Crippen LogP contribution in [0.3, 0.4) is 0 Å². The smallest absolute Gasteiger partial charge is 0.354 e. The molecule has 0 aromatic heterocycles. The third-order valence-electron chi connectivity index (χ3n) is 3.48. The largest absolute Gasteiger partial charge is 0.393 e. The van der Waals surface area contributed by atoms with Crippen LogP contribution in [-0.2, 0) is 4.79 Å². The Balaban J connectivity index is 2.45. The number of hydrogen-bond donors (Lipinski definition) is 2. The highest BCUT2D eigenvalue weighted by atomic mass is 19.4. The highest BCUT2D eigenvalue weighted by Crippen LogP contribution is 2.33. The Bertz CT molecular complexity index is 399. The van der Waals surface area contributed by atoms with Gasteiger partial charge in [0.1, 0.15) is 0 Å². The summed E-state index contributed by atoms with van der Waals surface area (Å²) >= 11 is 0. The second-order valence-corrected chi connectivity index (χ2v) is 6.10. The summed E-state index contributed by atoms with van der Waals surface area (Å²) in [5.41, 5.74) is 0. The van der Waals surface area contributed by atoms with Gasteiger partial charge in [0.25, 0.3) is 0 Å². The van der Waals surface area contributed by atoms with Crippen molar-refractivity contribution in [3.05, 3.63) is 0 Å². The molecule has 0 aliphatic carbocycles. The molecule has 1 fully saturated rings. The van der Waals surface area contributed by atoms with Crippen molar-refractivity contribution in [2.75, 3.05) is 13.1 Å². The molecule has 8 heteroatoms. The quantitative estimate of drug-likeness (QED) is 0.834. The number of rotatable bonds is 4. The molecule has 2 N–H and O–H groups in total. The average Bonchev–Trinajstić information content (AvgIpc) is 2.36. The van der Waals surface area contributed by atoms with Crippen LogP contribution >= 0.6 is 0 Å². The van der Waals surface area contributed by atoms with E-state index < -0.39 is 24.2 Å². The minimum absolute atomic E-state index is 0.00467. The number of halogens is 3. The molecule has 0 aromatic carbocycles. The van der Waals surface area contributed by atoms with Crippen molar-refractivity contribution < 1.29 is 22.8 Å². The fourth-order valence-corrected chi connectivity index (χ4v) is 2.44. The highest BCUT2D eigenvalue weighted by Gasteiger charge is 2.42. The van der Waals surface area contributed by atoms with Gasteiger partial charge in [-0.1, -0.05) is 0 Å². The van der Waals surface area contributed by atoms with Crippen molar-refractivity contribution in [2.45, 2.75) is 58.3 Å². The summed E-state index contributed by atoms with van der Waals surface area (Å²) in [6, 6.07) is -0.971. The zero-order valence-corrected chi connectivity index (χ0v) is 13.2. The molecule has 0 spiro atoms. The molecule has 1 heterocycles. The second kappa shape index (κ2) is 7.69. The molecule has 1 saturated heterocycles. The zero-order valence-electron chi connectivity index (χ0n) is 13.2. The third kappa shape index (κ3) is 6.11. The number of urea groups is 1. The fourth-order valence-electron chi connectivity index (χ4n) is 2.44. The van der Waals surface area contributed by atoms with Crippen LogP contribution in [0.1, 0.15) is 40.0 Å². The molecule has 1 aliphatic rings. The number of hydrogen-bond acceptors (Lipinski definition) is 2. The Morgan fingerprint density at radius 3 is 2.41 bits per heavy atom. The van der Waals surface area contributed by atoms with Gasteiger partial charge < -0.3 is 15.5 Å². The topological polar surface area (TPSA) is 61.4 Å². The van der Waals surface area contributed by atoms with Gasteiger partial charge in [0.15, 0.2) is 0 Å². The summed E-state index contributed by atoms with van der Waals surface area (Å²) in [7, 11) is 0. The van der Waals surface area contributed by atoms with E-state index in [1.165, 1.54) is 4.90 Å². The molecule has 0 bridgehead atoms. The number of nitrogens with one attached hydrogen (secondary N) is 2. The van der Waals surface area contributed by atoms with E-state index in [9.17, 15) is 22.8 Å². The van der Waals surface area contributed by atoms with Gasteiger partial charge in [-0.05, 0) is 33.6 Å². The minimum Gasteiger partial charge on any atom is -0.354 e. The minimum atomic E-state index is -4.28. The van der Waals surface area contributed by atoms with Crippen LogP contribution in [0.4, 0.5) is 18.0 Å². The van der Waals surface area contributed by atoms with Gasteiger partial charge in [-0.15, -0.1) is 0 Å². The molecule has 22 heavy (non-hydrogen) atoms. The summed E-state index contributed by atoms with van der Waals surface area (Å²) in [5.74, 6) is -1.67. The van der Waals surface area contributed by atoms with Gasteiger partial charge in [0, 0.05) is 31.6 Å². The Labute approximate surface area is 128 Å². The maximum Gasteiger partial charge on any atom is 0.393 e. The fraction of sp³-hybridized carbons (Fsp3) is 0.857. The second-order valence-electron chi connectivity index (χ2n) is 6.10. The molecule has 0 aromatic rings. The van der Waals surface area contributed by atoms with E-state index >= 15 is 0 Å². The maximum atomic E-state index is 12.7. The third-order valence-corrected chi connectivity index (χ3v) is 3.48. The number of likely N-dealkylation sites (tertiary alicyclic amines) is 1. The van der Waals surface area contributed by atoms with Crippen LogP contribution < -0.4 is 10.6 Å². The van der Waals surface area contributed by atoms with E-state index in [2.05, 4.69) is 10.6 Å². The van der Waals surface area contributed by atoms with E-state index in [1.54, 1.807) is 6.92 Å². The molecule has 3 amide bonds. The van der Waals surface area contributed by atoms with Gasteiger partial charge in [-0.3, -0.25) is 4.79 Å². The van der Waals surface area contributed by atoms with Crippen LogP contribution in [0.15, 0.2) is 0 Å². The lowest BCUT2D eigenvalue weighted by Gasteiger charge is -2.34. The number of amides is 3. The SMILES string of the molecule is CC(C)NC(=O)C[C@@H](C)NC(=O)N1CCC[C@@H](C(F)(F)F)C1. The molecule has 0 unspecified atom stereocenters. The number of piperidine rings is 1. The van der Waals surface area contributed by atoms with Crippen LogP contribution in [0.2, 0.25) is 0 Å². The van der Waals surface area contributed by atoms with Crippen molar-refractivity contribution in [2.24, 2.45) is 5.92 Å². The van der Waals surface area contributed by atoms with Crippen molar-refractivity contribution in [3.63, 3.8) is 0 Å². The Kier molecular flexibility index (Phi) is 6.49. The summed E-state index contributed by atoms with van der Waals surface area (Å²) in [5, 5.41) is 5.29.